The summed E-state index contributed by atoms with van der Waals surface area (Å²) in [4.78, 5) is 21.7. The molecule has 3 aromatic rings. The number of aromatic nitrogens is 3. The van der Waals surface area contributed by atoms with E-state index in [1.54, 1.807) is 11.3 Å². The number of benzene rings is 1. The van der Waals surface area contributed by atoms with Gasteiger partial charge in [0.2, 0.25) is 5.91 Å². The van der Waals surface area contributed by atoms with E-state index in [-0.39, 0.29) is 12.3 Å². The zero-order chi connectivity index (χ0) is 24.5. The van der Waals surface area contributed by atoms with Gasteiger partial charge < -0.3 is 10.1 Å². The fourth-order valence-corrected chi connectivity index (χ4v) is 5.90. The molecule has 1 fully saturated rings. The number of morpholine rings is 1. The van der Waals surface area contributed by atoms with Gasteiger partial charge >= 0.3 is 0 Å². The molecule has 4 heterocycles. The van der Waals surface area contributed by atoms with Crippen molar-refractivity contribution < 1.29 is 9.53 Å². The molecule has 35 heavy (non-hydrogen) atoms. The Balaban J connectivity index is 1.46. The molecule has 1 aromatic carbocycles. The molecule has 0 aliphatic carbocycles. The number of carbonyl (C=O) groups excluding carboxylic acids is 1. The zero-order valence-electron chi connectivity index (χ0n) is 20.2. The van der Waals surface area contributed by atoms with E-state index in [1.807, 2.05) is 31.2 Å². The summed E-state index contributed by atoms with van der Waals surface area (Å²) in [5.74, 6) is 1.43. The Morgan fingerprint density at radius 1 is 1.17 bits per heavy atom. The van der Waals surface area contributed by atoms with Gasteiger partial charge in [-0.3, -0.25) is 19.3 Å². The van der Waals surface area contributed by atoms with Gasteiger partial charge in [-0.2, -0.15) is 0 Å². The first kappa shape index (κ1) is 24.1. The van der Waals surface area contributed by atoms with Crippen LogP contribution in [0.15, 0.2) is 29.3 Å². The molecule has 5 rings (SSSR count). The molecule has 0 unspecified atom stereocenters. The zero-order valence-corrected chi connectivity index (χ0v) is 21.7. The first-order chi connectivity index (χ1) is 16.9. The molecule has 1 amide bonds. The summed E-state index contributed by atoms with van der Waals surface area (Å²) >= 11 is 7.88. The van der Waals surface area contributed by atoms with Crippen LogP contribution in [0.2, 0.25) is 5.02 Å². The van der Waals surface area contributed by atoms with E-state index in [1.165, 1.54) is 10.4 Å². The average molecular weight is 513 g/mol. The largest absolute Gasteiger partial charge is 0.379 e. The number of fused-ring (bicyclic) bond motifs is 3. The fraction of sp³-hybridized carbons (Fsp3) is 0.440. The van der Waals surface area contributed by atoms with E-state index in [0.29, 0.717) is 17.4 Å². The number of amides is 1. The Labute approximate surface area is 214 Å². The van der Waals surface area contributed by atoms with E-state index >= 15 is 0 Å². The molecule has 1 saturated heterocycles. The monoisotopic (exact) mass is 512 g/mol. The molecule has 184 valence electrons. The third kappa shape index (κ3) is 4.91. The van der Waals surface area contributed by atoms with Gasteiger partial charge in [-0.1, -0.05) is 23.7 Å². The Kier molecular flexibility index (Phi) is 7.02. The van der Waals surface area contributed by atoms with Crippen LogP contribution in [0.25, 0.3) is 5.00 Å². The molecular weight excluding hydrogens is 484 g/mol. The van der Waals surface area contributed by atoms with Crippen molar-refractivity contribution in [2.45, 2.75) is 33.2 Å². The maximum Gasteiger partial charge on any atom is 0.222 e. The molecule has 10 heteroatoms. The molecule has 0 saturated carbocycles. The summed E-state index contributed by atoms with van der Waals surface area (Å²) in [6.07, 6.45) is 0.200. The van der Waals surface area contributed by atoms with Crippen molar-refractivity contribution in [2.24, 2.45) is 4.99 Å². The quantitative estimate of drug-likeness (QED) is 0.545. The van der Waals surface area contributed by atoms with Gasteiger partial charge in [0.05, 0.1) is 25.3 Å². The number of rotatable bonds is 6. The summed E-state index contributed by atoms with van der Waals surface area (Å²) in [6, 6.07) is 7.25. The molecule has 8 nitrogen and oxygen atoms in total. The summed E-state index contributed by atoms with van der Waals surface area (Å²) in [7, 11) is 0. The predicted molar refractivity (Wildman–Crippen MR) is 138 cm³/mol. The van der Waals surface area contributed by atoms with Gasteiger partial charge in [-0.05, 0) is 38.5 Å². The van der Waals surface area contributed by atoms with Crippen LogP contribution in [0, 0.1) is 20.8 Å². The van der Waals surface area contributed by atoms with Gasteiger partial charge in [-0.15, -0.1) is 21.5 Å². The number of carbonyl (C=O) groups is 1. The highest BCUT2D eigenvalue weighted by Crippen LogP contribution is 2.39. The van der Waals surface area contributed by atoms with Crippen molar-refractivity contribution in [3.8, 4) is 5.00 Å². The number of nitrogens with zero attached hydrogens (tertiary/aromatic N) is 5. The molecule has 2 aliphatic rings. The van der Waals surface area contributed by atoms with Crippen molar-refractivity contribution in [1.82, 2.24) is 25.0 Å². The van der Waals surface area contributed by atoms with E-state index in [4.69, 9.17) is 21.3 Å². The summed E-state index contributed by atoms with van der Waals surface area (Å²) < 4.78 is 7.47. The molecule has 1 N–H and O–H groups in total. The Morgan fingerprint density at radius 3 is 2.66 bits per heavy atom. The highest BCUT2D eigenvalue weighted by atomic mass is 35.5. The number of hydrogen-bond donors (Lipinski definition) is 1. The predicted octanol–water partition coefficient (Wildman–Crippen LogP) is 3.64. The van der Waals surface area contributed by atoms with Crippen molar-refractivity contribution in [3.63, 3.8) is 0 Å². The summed E-state index contributed by atoms with van der Waals surface area (Å²) in [5, 5.41) is 13.6. The van der Waals surface area contributed by atoms with E-state index < -0.39 is 6.04 Å². The number of thiophene rings is 1. The molecule has 1 atom stereocenters. The standard InChI is InChI=1S/C25H29ClN6O2S/c1-15-16(2)35-25-22(15)23(18-4-6-19(26)7-5-18)28-20(24-30-29-17(3)32(24)25)14-21(33)27-8-9-31-10-12-34-13-11-31/h4-7,20H,8-14H2,1-3H3,(H,27,33)/t20-/m1/s1. The number of hydrogen-bond acceptors (Lipinski definition) is 7. The second kappa shape index (κ2) is 10.2. The molecule has 2 aliphatic heterocycles. The fourth-order valence-electron chi connectivity index (χ4n) is 4.56. The Morgan fingerprint density at radius 2 is 1.91 bits per heavy atom. The lowest BCUT2D eigenvalue weighted by atomic mass is 9.99. The van der Waals surface area contributed by atoms with E-state index in [2.05, 4.69) is 38.8 Å². The van der Waals surface area contributed by atoms with Gasteiger partial charge in [0.25, 0.3) is 0 Å². The van der Waals surface area contributed by atoms with Crippen LogP contribution < -0.4 is 5.32 Å². The normalized spacial score (nSPS) is 17.9. The number of ether oxygens (including phenoxy) is 1. The van der Waals surface area contributed by atoms with Crippen LogP contribution in [0.1, 0.15) is 45.7 Å². The summed E-state index contributed by atoms with van der Waals surface area (Å²) in [5.41, 5.74) is 4.06. The maximum atomic E-state index is 13.0. The van der Waals surface area contributed by atoms with Crippen molar-refractivity contribution in [1.29, 1.82) is 0 Å². The lowest BCUT2D eigenvalue weighted by Gasteiger charge is -2.26. The van der Waals surface area contributed by atoms with Gasteiger partial charge in [0.15, 0.2) is 5.82 Å². The lowest BCUT2D eigenvalue weighted by molar-refractivity contribution is -0.121. The highest BCUT2D eigenvalue weighted by molar-refractivity contribution is 7.15. The number of aliphatic imine (C=N–C) groups is 1. The van der Waals surface area contributed by atoms with Crippen LogP contribution in [-0.2, 0) is 9.53 Å². The summed E-state index contributed by atoms with van der Waals surface area (Å²) in [6.45, 7) is 10.9. The van der Waals surface area contributed by atoms with E-state index in [9.17, 15) is 4.79 Å². The molecule has 0 radical (unpaired) electrons. The van der Waals surface area contributed by atoms with Crippen molar-refractivity contribution >= 4 is 34.6 Å². The number of aryl methyl sites for hydroxylation is 2. The van der Waals surface area contributed by atoms with Crippen LogP contribution in [-0.4, -0.2) is 70.7 Å². The van der Waals surface area contributed by atoms with E-state index in [0.717, 1.165) is 60.5 Å². The Hall–Kier alpha value is -2.59. The van der Waals surface area contributed by atoms with Gasteiger partial charge in [0, 0.05) is 47.2 Å². The van der Waals surface area contributed by atoms with Crippen LogP contribution in [0.4, 0.5) is 0 Å². The van der Waals surface area contributed by atoms with Crippen molar-refractivity contribution in [3.05, 3.63) is 62.5 Å². The Bertz CT molecular complexity index is 1260. The third-order valence-corrected chi connectivity index (χ3v) is 8.03. The van der Waals surface area contributed by atoms with Gasteiger partial charge in [0.1, 0.15) is 16.9 Å². The maximum absolute atomic E-state index is 13.0. The minimum absolute atomic E-state index is 0.0483. The number of nitrogens with one attached hydrogen (secondary N) is 1. The third-order valence-electron chi connectivity index (χ3n) is 6.59. The second-order valence-corrected chi connectivity index (χ2v) is 10.6. The number of halogens is 1. The molecule has 0 spiro atoms. The smallest absolute Gasteiger partial charge is 0.222 e. The minimum atomic E-state index is -0.454. The van der Waals surface area contributed by atoms with Crippen LogP contribution >= 0.6 is 22.9 Å². The second-order valence-electron chi connectivity index (χ2n) is 8.91. The lowest BCUT2D eigenvalue weighted by Crippen LogP contribution is -2.41. The SMILES string of the molecule is Cc1sc2c(c1C)C(c1ccc(Cl)cc1)=N[C@H](CC(=O)NCCN1CCOCC1)c1nnc(C)n1-2. The first-order valence-electron chi connectivity index (χ1n) is 11.9. The first-order valence-corrected chi connectivity index (χ1v) is 13.0. The molecular formula is C25H29ClN6O2S. The van der Waals surface area contributed by atoms with Gasteiger partial charge in [-0.25, -0.2) is 0 Å². The average Bonchev–Trinajstić information content (AvgIpc) is 3.32. The van der Waals surface area contributed by atoms with Crippen LogP contribution in [0.5, 0.6) is 0 Å². The highest BCUT2D eigenvalue weighted by Gasteiger charge is 2.32. The topological polar surface area (TPSA) is 84.6 Å². The molecule has 2 aromatic heterocycles. The van der Waals surface area contributed by atoms with Crippen LogP contribution in [0.3, 0.4) is 0 Å². The minimum Gasteiger partial charge on any atom is -0.379 e. The molecule has 0 bridgehead atoms. The van der Waals surface area contributed by atoms with Crippen molar-refractivity contribution in [2.75, 3.05) is 39.4 Å².